The summed E-state index contributed by atoms with van der Waals surface area (Å²) in [5, 5.41) is 7.60. The summed E-state index contributed by atoms with van der Waals surface area (Å²) in [6, 6.07) is 2.19. The molecule has 1 aromatic heterocycles. The molecule has 1 unspecified atom stereocenters. The van der Waals surface area contributed by atoms with Gasteiger partial charge < -0.3 is 10.2 Å². The normalized spacial score (nSPS) is 19.2. The lowest BCUT2D eigenvalue weighted by atomic mass is 10.2. The highest BCUT2D eigenvalue weighted by atomic mass is 16.2. The van der Waals surface area contributed by atoms with Crippen LogP contribution in [0.25, 0.3) is 0 Å². The first-order chi connectivity index (χ1) is 8.63. The van der Waals surface area contributed by atoms with Crippen molar-refractivity contribution in [3.05, 3.63) is 17.5 Å². The molecule has 1 amide bonds. The zero-order valence-corrected chi connectivity index (χ0v) is 11.4. The zero-order chi connectivity index (χ0) is 13.1. The van der Waals surface area contributed by atoms with Crippen LogP contribution in [0.3, 0.4) is 0 Å². The second kappa shape index (κ2) is 5.52. The Morgan fingerprint density at radius 2 is 2.44 bits per heavy atom. The zero-order valence-electron chi connectivity index (χ0n) is 11.4. The quantitative estimate of drug-likeness (QED) is 0.865. The van der Waals surface area contributed by atoms with Gasteiger partial charge in [-0.2, -0.15) is 5.10 Å². The molecule has 0 radical (unpaired) electrons. The number of nitrogens with one attached hydrogen (secondary N) is 1. The van der Waals surface area contributed by atoms with Crippen molar-refractivity contribution in [1.29, 1.82) is 0 Å². The van der Waals surface area contributed by atoms with Crippen LogP contribution in [0, 0.1) is 6.92 Å². The number of hydrogen-bond acceptors (Lipinski definition) is 3. The maximum atomic E-state index is 12.5. The Kier molecular flexibility index (Phi) is 4.01. The number of rotatable bonds is 4. The summed E-state index contributed by atoms with van der Waals surface area (Å²) >= 11 is 0. The van der Waals surface area contributed by atoms with E-state index in [0.29, 0.717) is 11.7 Å². The van der Waals surface area contributed by atoms with Crippen LogP contribution in [0.4, 0.5) is 0 Å². The first-order valence-electron chi connectivity index (χ1n) is 6.65. The maximum absolute atomic E-state index is 12.5. The monoisotopic (exact) mass is 250 g/mol. The average Bonchev–Trinajstić information content (AvgIpc) is 2.97. The molecule has 0 aliphatic carbocycles. The third-order valence-electron chi connectivity index (χ3n) is 3.53. The van der Waals surface area contributed by atoms with Crippen LogP contribution < -0.4 is 5.32 Å². The SMILES string of the molecule is CCCN(C(=O)c1cc(C)n(C)n1)C1CCNC1. The molecule has 2 heterocycles. The summed E-state index contributed by atoms with van der Waals surface area (Å²) in [4.78, 5) is 14.5. The van der Waals surface area contributed by atoms with E-state index in [0.717, 1.165) is 38.2 Å². The molecule has 1 aliphatic heterocycles. The van der Waals surface area contributed by atoms with Gasteiger partial charge in [0, 0.05) is 31.9 Å². The number of hydrogen-bond donors (Lipinski definition) is 1. The summed E-state index contributed by atoms with van der Waals surface area (Å²) < 4.78 is 1.75. The van der Waals surface area contributed by atoms with Crippen LogP contribution in [-0.2, 0) is 7.05 Å². The summed E-state index contributed by atoms with van der Waals surface area (Å²) in [5.74, 6) is 0.0641. The van der Waals surface area contributed by atoms with Gasteiger partial charge in [0.05, 0.1) is 0 Å². The predicted molar refractivity (Wildman–Crippen MR) is 70.5 cm³/mol. The van der Waals surface area contributed by atoms with Crippen LogP contribution in [-0.4, -0.2) is 46.3 Å². The third-order valence-corrected chi connectivity index (χ3v) is 3.53. The van der Waals surface area contributed by atoms with E-state index in [1.807, 2.05) is 24.9 Å². The van der Waals surface area contributed by atoms with E-state index < -0.39 is 0 Å². The molecule has 100 valence electrons. The van der Waals surface area contributed by atoms with Crippen molar-refractivity contribution >= 4 is 5.91 Å². The standard InChI is InChI=1S/C13H22N4O/c1-4-7-17(11-5-6-14-9-11)13(18)12-8-10(2)16(3)15-12/h8,11,14H,4-7,9H2,1-3H3. The predicted octanol–water partition coefficient (Wildman–Crippen LogP) is 0.943. The first-order valence-corrected chi connectivity index (χ1v) is 6.65. The molecule has 5 nitrogen and oxygen atoms in total. The van der Waals surface area contributed by atoms with Gasteiger partial charge in [0.1, 0.15) is 0 Å². The third kappa shape index (κ3) is 2.56. The second-order valence-electron chi connectivity index (χ2n) is 4.94. The van der Waals surface area contributed by atoms with E-state index in [1.54, 1.807) is 4.68 Å². The summed E-state index contributed by atoms with van der Waals surface area (Å²) in [5.41, 5.74) is 1.58. The van der Waals surface area contributed by atoms with Crippen molar-refractivity contribution in [2.24, 2.45) is 7.05 Å². The van der Waals surface area contributed by atoms with Gasteiger partial charge in [0.2, 0.25) is 0 Å². The van der Waals surface area contributed by atoms with Crippen molar-refractivity contribution < 1.29 is 4.79 Å². The fourth-order valence-corrected chi connectivity index (χ4v) is 2.41. The lowest BCUT2D eigenvalue weighted by Crippen LogP contribution is -2.42. The second-order valence-corrected chi connectivity index (χ2v) is 4.94. The molecule has 1 aromatic rings. The first kappa shape index (κ1) is 13.1. The summed E-state index contributed by atoms with van der Waals surface area (Å²) in [6.07, 6.45) is 2.02. The molecule has 0 bridgehead atoms. The van der Waals surface area contributed by atoms with Gasteiger partial charge in [0.15, 0.2) is 5.69 Å². The minimum absolute atomic E-state index is 0.0641. The summed E-state index contributed by atoms with van der Waals surface area (Å²) in [7, 11) is 1.87. The largest absolute Gasteiger partial charge is 0.333 e. The van der Waals surface area contributed by atoms with Crippen molar-refractivity contribution in [3.63, 3.8) is 0 Å². The topological polar surface area (TPSA) is 50.2 Å². The Morgan fingerprint density at radius 3 is 2.94 bits per heavy atom. The molecule has 1 fully saturated rings. The molecule has 18 heavy (non-hydrogen) atoms. The Hall–Kier alpha value is -1.36. The van der Waals surface area contributed by atoms with Gasteiger partial charge in [0.25, 0.3) is 5.91 Å². The van der Waals surface area contributed by atoms with Gasteiger partial charge in [-0.3, -0.25) is 9.48 Å². The smallest absolute Gasteiger partial charge is 0.274 e. The highest BCUT2D eigenvalue weighted by Gasteiger charge is 2.28. The molecule has 1 saturated heterocycles. The van der Waals surface area contributed by atoms with Gasteiger partial charge >= 0.3 is 0 Å². The van der Waals surface area contributed by atoms with E-state index in [1.165, 1.54) is 0 Å². The average molecular weight is 250 g/mol. The number of carbonyl (C=O) groups excluding carboxylic acids is 1. The summed E-state index contributed by atoms with van der Waals surface area (Å²) in [6.45, 7) is 6.77. The molecule has 0 saturated carbocycles. The van der Waals surface area contributed by atoms with E-state index >= 15 is 0 Å². The lowest BCUT2D eigenvalue weighted by Gasteiger charge is -2.27. The van der Waals surface area contributed by atoms with Gasteiger partial charge in [-0.15, -0.1) is 0 Å². The van der Waals surface area contributed by atoms with Crippen LogP contribution in [0.15, 0.2) is 6.07 Å². The Balaban J connectivity index is 2.16. The number of nitrogens with zero attached hydrogens (tertiary/aromatic N) is 3. The molecule has 0 aromatic carbocycles. The Bertz CT molecular complexity index is 401. The minimum Gasteiger partial charge on any atom is -0.333 e. The van der Waals surface area contributed by atoms with Crippen molar-refractivity contribution in [3.8, 4) is 0 Å². The van der Waals surface area contributed by atoms with Crippen molar-refractivity contribution in [2.45, 2.75) is 32.7 Å². The highest BCUT2D eigenvalue weighted by Crippen LogP contribution is 2.14. The molecule has 1 aliphatic rings. The number of aryl methyl sites for hydroxylation is 2. The molecule has 2 rings (SSSR count). The number of amides is 1. The number of carbonyl (C=O) groups is 1. The van der Waals surface area contributed by atoms with Crippen molar-refractivity contribution in [2.75, 3.05) is 19.6 Å². The lowest BCUT2D eigenvalue weighted by molar-refractivity contribution is 0.0685. The van der Waals surface area contributed by atoms with E-state index in [2.05, 4.69) is 17.3 Å². The highest BCUT2D eigenvalue weighted by molar-refractivity contribution is 5.92. The van der Waals surface area contributed by atoms with Gasteiger partial charge in [-0.25, -0.2) is 0 Å². The molecular weight excluding hydrogens is 228 g/mol. The van der Waals surface area contributed by atoms with Gasteiger partial charge in [-0.1, -0.05) is 6.92 Å². The minimum atomic E-state index is 0.0641. The van der Waals surface area contributed by atoms with E-state index in [9.17, 15) is 4.79 Å². The Labute approximate surface area is 108 Å². The van der Waals surface area contributed by atoms with Gasteiger partial charge in [-0.05, 0) is 32.4 Å². The van der Waals surface area contributed by atoms with E-state index in [4.69, 9.17) is 0 Å². The fraction of sp³-hybridized carbons (Fsp3) is 0.692. The van der Waals surface area contributed by atoms with Crippen LogP contribution >= 0.6 is 0 Å². The van der Waals surface area contributed by atoms with Crippen LogP contribution in [0.2, 0.25) is 0 Å². The van der Waals surface area contributed by atoms with E-state index in [-0.39, 0.29) is 5.91 Å². The molecule has 0 spiro atoms. The van der Waals surface area contributed by atoms with Crippen molar-refractivity contribution in [1.82, 2.24) is 20.0 Å². The molecular formula is C13H22N4O. The molecule has 1 atom stereocenters. The van der Waals surface area contributed by atoms with Crippen LogP contribution in [0.5, 0.6) is 0 Å². The Morgan fingerprint density at radius 1 is 1.67 bits per heavy atom. The number of aromatic nitrogens is 2. The fourth-order valence-electron chi connectivity index (χ4n) is 2.41. The molecule has 5 heteroatoms. The van der Waals surface area contributed by atoms with Crippen LogP contribution in [0.1, 0.15) is 35.9 Å². The molecule has 1 N–H and O–H groups in total. The maximum Gasteiger partial charge on any atom is 0.274 e.